The van der Waals surface area contributed by atoms with Crippen LogP contribution in [0.4, 0.5) is 0 Å². The van der Waals surface area contributed by atoms with Gasteiger partial charge in [0.2, 0.25) is 5.91 Å². The fourth-order valence-corrected chi connectivity index (χ4v) is 3.47. The number of hydrogen-bond donors (Lipinski definition) is 1. The van der Waals surface area contributed by atoms with Crippen molar-refractivity contribution in [1.82, 2.24) is 19.7 Å². The van der Waals surface area contributed by atoms with Crippen molar-refractivity contribution in [3.63, 3.8) is 0 Å². The van der Waals surface area contributed by atoms with Gasteiger partial charge in [-0.25, -0.2) is 0 Å². The van der Waals surface area contributed by atoms with Gasteiger partial charge in [-0.1, -0.05) is 18.2 Å². The number of H-pyrrole nitrogens is 1. The molecule has 7 heteroatoms. The van der Waals surface area contributed by atoms with Crippen molar-refractivity contribution in [3.05, 3.63) is 46.4 Å². The van der Waals surface area contributed by atoms with Crippen molar-refractivity contribution >= 4 is 22.6 Å². The van der Waals surface area contributed by atoms with E-state index in [1.54, 1.807) is 23.1 Å². The number of fused-ring (bicyclic) bond motifs is 1. The summed E-state index contributed by atoms with van der Waals surface area (Å²) in [4.78, 5) is 45.6. The number of aromatic amines is 1. The zero-order valence-electron chi connectivity index (χ0n) is 15.9. The average molecular weight is 370 g/mol. The number of amides is 2. The van der Waals surface area contributed by atoms with Gasteiger partial charge in [0.1, 0.15) is 5.69 Å². The van der Waals surface area contributed by atoms with Gasteiger partial charge < -0.3 is 14.8 Å². The second-order valence-electron chi connectivity index (χ2n) is 6.73. The largest absolute Gasteiger partial charge is 0.342 e. The van der Waals surface area contributed by atoms with Crippen LogP contribution in [0.5, 0.6) is 0 Å². The normalized spacial score (nSPS) is 15.1. The Morgan fingerprint density at radius 3 is 2.41 bits per heavy atom. The quantitative estimate of drug-likeness (QED) is 0.857. The molecular weight excluding hydrogens is 344 g/mol. The number of benzene rings is 1. The molecule has 1 aliphatic heterocycles. The van der Waals surface area contributed by atoms with E-state index in [0.717, 1.165) is 5.39 Å². The van der Waals surface area contributed by atoms with Gasteiger partial charge in [-0.15, -0.1) is 0 Å². The first kappa shape index (κ1) is 19.1. The number of nitrogens with one attached hydrogen (secondary N) is 1. The van der Waals surface area contributed by atoms with Crippen molar-refractivity contribution in [2.45, 2.75) is 13.8 Å². The molecule has 2 aromatic rings. The Bertz CT molecular complexity index is 880. The third-order valence-electron chi connectivity index (χ3n) is 5.12. The molecule has 1 aromatic heterocycles. The standard InChI is InChI=1S/C20H26N4O3/c1-3-23(4-2)18(25)14-22-9-11-24(12-10-22)20(27)17-13-15-7-5-6-8-16(15)19(26)21-17/h5-8,13H,3-4,9-12,14H2,1-2H3,(H,21,26). The van der Waals surface area contributed by atoms with Crippen LogP contribution in [-0.4, -0.2) is 77.3 Å². The zero-order valence-corrected chi connectivity index (χ0v) is 15.9. The fourth-order valence-electron chi connectivity index (χ4n) is 3.47. The van der Waals surface area contributed by atoms with E-state index in [9.17, 15) is 14.4 Å². The minimum atomic E-state index is -0.250. The number of aromatic nitrogens is 1. The molecule has 2 amide bonds. The number of pyridine rings is 1. The first-order valence-corrected chi connectivity index (χ1v) is 9.45. The van der Waals surface area contributed by atoms with Crippen LogP contribution in [0.2, 0.25) is 0 Å². The van der Waals surface area contributed by atoms with Gasteiger partial charge in [0, 0.05) is 44.7 Å². The monoisotopic (exact) mass is 370 g/mol. The van der Waals surface area contributed by atoms with E-state index in [1.807, 2.05) is 30.9 Å². The summed E-state index contributed by atoms with van der Waals surface area (Å²) in [5.41, 5.74) is 0.0614. The van der Waals surface area contributed by atoms with Crippen LogP contribution in [0.25, 0.3) is 10.8 Å². The van der Waals surface area contributed by atoms with Crippen molar-refractivity contribution in [2.75, 3.05) is 45.8 Å². The van der Waals surface area contributed by atoms with E-state index in [0.29, 0.717) is 56.9 Å². The number of piperazine rings is 1. The molecule has 7 nitrogen and oxygen atoms in total. The molecule has 27 heavy (non-hydrogen) atoms. The molecule has 0 saturated carbocycles. The van der Waals surface area contributed by atoms with Gasteiger partial charge >= 0.3 is 0 Å². The summed E-state index contributed by atoms with van der Waals surface area (Å²) in [6, 6.07) is 8.96. The van der Waals surface area contributed by atoms with Crippen molar-refractivity contribution in [2.24, 2.45) is 0 Å². The number of nitrogens with zero attached hydrogens (tertiary/aromatic N) is 3. The molecule has 1 saturated heterocycles. The Morgan fingerprint density at radius 2 is 1.74 bits per heavy atom. The smallest absolute Gasteiger partial charge is 0.270 e. The summed E-state index contributed by atoms with van der Waals surface area (Å²) in [7, 11) is 0. The number of likely N-dealkylation sites (N-methyl/N-ethyl adjacent to an activating group) is 1. The molecule has 1 N–H and O–H groups in total. The van der Waals surface area contributed by atoms with Gasteiger partial charge in [-0.05, 0) is 31.4 Å². The first-order chi connectivity index (χ1) is 13.0. The first-order valence-electron chi connectivity index (χ1n) is 9.45. The molecule has 0 spiro atoms. The van der Waals surface area contributed by atoms with Gasteiger partial charge in [-0.2, -0.15) is 0 Å². The third-order valence-corrected chi connectivity index (χ3v) is 5.12. The van der Waals surface area contributed by atoms with Gasteiger partial charge in [-0.3, -0.25) is 19.3 Å². The van der Waals surface area contributed by atoms with Crippen LogP contribution in [-0.2, 0) is 4.79 Å². The summed E-state index contributed by atoms with van der Waals surface area (Å²) >= 11 is 0. The maximum Gasteiger partial charge on any atom is 0.270 e. The molecular formula is C20H26N4O3. The molecule has 3 rings (SSSR count). The maximum absolute atomic E-state index is 12.8. The third kappa shape index (κ3) is 4.19. The van der Waals surface area contributed by atoms with Crippen molar-refractivity contribution in [1.29, 1.82) is 0 Å². The molecule has 1 fully saturated rings. The van der Waals surface area contributed by atoms with E-state index in [4.69, 9.17) is 0 Å². The van der Waals surface area contributed by atoms with Crippen LogP contribution in [0.1, 0.15) is 24.3 Å². The Hall–Kier alpha value is -2.67. The molecule has 1 aromatic carbocycles. The molecule has 0 unspecified atom stereocenters. The Labute approximate surface area is 158 Å². The zero-order chi connectivity index (χ0) is 19.4. The van der Waals surface area contributed by atoms with E-state index in [2.05, 4.69) is 9.88 Å². The lowest BCUT2D eigenvalue weighted by Gasteiger charge is -2.35. The number of hydrogen-bond acceptors (Lipinski definition) is 4. The highest BCUT2D eigenvalue weighted by Gasteiger charge is 2.25. The Kier molecular flexibility index (Phi) is 5.91. The van der Waals surface area contributed by atoms with Gasteiger partial charge in [0.15, 0.2) is 0 Å². The van der Waals surface area contributed by atoms with Gasteiger partial charge in [0.25, 0.3) is 11.5 Å². The van der Waals surface area contributed by atoms with Crippen LogP contribution in [0.3, 0.4) is 0 Å². The summed E-state index contributed by atoms with van der Waals surface area (Å²) in [5.74, 6) is -0.0498. The highest BCUT2D eigenvalue weighted by atomic mass is 16.2. The molecule has 0 atom stereocenters. The average Bonchev–Trinajstić information content (AvgIpc) is 2.69. The lowest BCUT2D eigenvalue weighted by Crippen LogP contribution is -2.51. The van der Waals surface area contributed by atoms with Crippen LogP contribution >= 0.6 is 0 Å². The predicted molar refractivity (Wildman–Crippen MR) is 105 cm³/mol. The van der Waals surface area contributed by atoms with Crippen LogP contribution in [0, 0.1) is 0 Å². The van der Waals surface area contributed by atoms with Crippen LogP contribution < -0.4 is 5.56 Å². The molecule has 2 heterocycles. The topological polar surface area (TPSA) is 76.7 Å². The van der Waals surface area contributed by atoms with E-state index >= 15 is 0 Å². The van der Waals surface area contributed by atoms with E-state index in [1.165, 1.54) is 0 Å². The molecule has 0 bridgehead atoms. The molecule has 144 valence electrons. The lowest BCUT2D eigenvalue weighted by atomic mass is 10.1. The SMILES string of the molecule is CCN(CC)C(=O)CN1CCN(C(=O)c2cc3ccccc3c(=O)[nH]2)CC1. The highest BCUT2D eigenvalue weighted by molar-refractivity contribution is 5.96. The summed E-state index contributed by atoms with van der Waals surface area (Å²) in [5, 5.41) is 1.34. The molecule has 0 aliphatic carbocycles. The number of carbonyl (C=O) groups excluding carboxylic acids is 2. The molecule has 0 radical (unpaired) electrons. The Balaban J connectivity index is 1.64. The minimum Gasteiger partial charge on any atom is -0.342 e. The Morgan fingerprint density at radius 1 is 1.07 bits per heavy atom. The second kappa shape index (κ2) is 8.35. The maximum atomic E-state index is 12.8. The van der Waals surface area contributed by atoms with Crippen molar-refractivity contribution < 1.29 is 9.59 Å². The number of carbonyl (C=O) groups is 2. The second-order valence-corrected chi connectivity index (χ2v) is 6.73. The molecule has 1 aliphatic rings. The van der Waals surface area contributed by atoms with Crippen molar-refractivity contribution in [3.8, 4) is 0 Å². The highest BCUT2D eigenvalue weighted by Crippen LogP contribution is 2.13. The van der Waals surface area contributed by atoms with E-state index < -0.39 is 0 Å². The lowest BCUT2D eigenvalue weighted by molar-refractivity contribution is -0.132. The number of rotatable bonds is 5. The minimum absolute atomic E-state index is 0.124. The summed E-state index contributed by atoms with van der Waals surface area (Å²) in [6.07, 6.45) is 0. The summed E-state index contributed by atoms with van der Waals surface area (Å²) in [6.45, 7) is 8.14. The summed E-state index contributed by atoms with van der Waals surface area (Å²) < 4.78 is 0. The fraction of sp³-hybridized carbons (Fsp3) is 0.450. The predicted octanol–water partition coefficient (Wildman–Crippen LogP) is 1.15. The van der Waals surface area contributed by atoms with E-state index in [-0.39, 0.29) is 17.4 Å². The van der Waals surface area contributed by atoms with Gasteiger partial charge in [0.05, 0.1) is 6.54 Å². The van der Waals surface area contributed by atoms with Crippen LogP contribution in [0.15, 0.2) is 35.1 Å².